The third-order valence-electron chi connectivity index (χ3n) is 5.73. The summed E-state index contributed by atoms with van der Waals surface area (Å²) in [6.07, 6.45) is 0.915. The van der Waals surface area contributed by atoms with Crippen LogP contribution in [0.2, 0.25) is 0 Å². The van der Waals surface area contributed by atoms with Crippen molar-refractivity contribution in [2.24, 2.45) is 5.73 Å². The molecule has 31 heavy (non-hydrogen) atoms. The Bertz CT molecular complexity index is 1300. The minimum Gasteiger partial charge on any atom is -0.366 e. The van der Waals surface area contributed by atoms with Gasteiger partial charge in [0.25, 0.3) is 0 Å². The first kappa shape index (κ1) is 19.5. The third-order valence-corrected chi connectivity index (χ3v) is 6.88. The number of nitrogens with zero attached hydrogens (tertiary/aromatic N) is 3. The van der Waals surface area contributed by atoms with Crippen LogP contribution >= 0.6 is 11.3 Å². The number of nitrogens with two attached hydrogens (primary N) is 1. The van der Waals surface area contributed by atoms with Gasteiger partial charge < -0.3 is 16.0 Å². The first-order valence-corrected chi connectivity index (χ1v) is 11.1. The van der Waals surface area contributed by atoms with Crippen molar-refractivity contribution in [1.29, 1.82) is 0 Å². The zero-order chi connectivity index (χ0) is 21.5. The van der Waals surface area contributed by atoms with Crippen LogP contribution in [-0.2, 0) is 13.0 Å². The lowest BCUT2D eigenvalue weighted by Gasteiger charge is -2.15. The highest BCUT2D eigenvalue weighted by Crippen LogP contribution is 2.41. The molecule has 0 saturated heterocycles. The van der Waals surface area contributed by atoms with Gasteiger partial charge in [0.2, 0.25) is 5.91 Å². The van der Waals surface area contributed by atoms with Gasteiger partial charge in [0.1, 0.15) is 11.6 Å². The smallest absolute Gasteiger partial charge is 0.250 e. The van der Waals surface area contributed by atoms with Crippen LogP contribution in [0.25, 0.3) is 21.5 Å². The lowest BCUT2D eigenvalue weighted by molar-refractivity contribution is 0.100. The van der Waals surface area contributed by atoms with Crippen molar-refractivity contribution < 1.29 is 4.79 Å². The Balaban J connectivity index is 1.64. The highest BCUT2D eigenvalue weighted by molar-refractivity contribution is 7.20. The van der Waals surface area contributed by atoms with E-state index in [-0.39, 0.29) is 0 Å². The van der Waals surface area contributed by atoms with Crippen molar-refractivity contribution in [3.8, 4) is 11.4 Å². The van der Waals surface area contributed by atoms with E-state index in [1.54, 1.807) is 17.4 Å². The Labute approximate surface area is 184 Å². The number of amides is 1. The second kappa shape index (κ2) is 7.67. The van der Waals surface area contributed by atoms with Crippen LogP contribution in [0.3, 0.4) is 0 Å². The summed E-state index contributed by atoms with van der Waals surface area (Å²) in [5, 5.41) is 4.50. The standard InChI is InChI=1S/C24H23N5OS/c1-14-19(16-9-6-10-17(21(25)30)20(16)31-14)23-27-22(18-11-12-29(2)24(18)28-23)26-13-15-7-4-3-5-8-15/h3-10H,11-13H2,1-2H3,(H2,25,30)(H,26,27,28). The number of likely N-dealkylation sites (N-methyl/N-ethyl adjacent to an activating group) is 1. The fraction of sp³-hybridized carbons (Fsp3) is 0.208. The predicted octanol–water partition coefficient (Wildman–Crippen LogP) is 4.37. The van der Waals surface area contributed by atoms with Crippen molar-refractivity contribution in [3.63, 3.8) is 0 Å². The van der Waals surface area contributed by atoms with Gasteiger partial charge in [-0.15, -0.1) is 11.3 Å². The molecule has 156 valence electrons. The second-order valence-electron chi connectivity index (χ2n) is 7.79. The molecule has 0 atom stereocenters. The zero-order valence-corrected chi connectivity index (χ0v) is 18.3. The largest absolute Gasteiger partial charge is 0.366 e. The minimum atomic E-state index is -0.418. The molecule has 6 nitrogen and oxygen atoms in total. The monoisotopic (exact) mass is 429 g/mol. The van der Waals surface area contributed by atoms with E-state index < -0.39 is 5.91 Å². The summed E-state index contributed by atoms with van der Waals surface area (Å²) in [6.45, 7) is 3.66. The number of aromatic nitrogens is 2. The number of anilines is 2. The van der Waals surface area contributed by atoms with E-state index in [1.807, 2.05) is 37.3 Å². The number of primary amides is 1. The van der Waals surface area contributed by atoms with Gasteiger partial charge in [-0.1, -0.05) is 42.5 Å². The number of thiophene rings is 1. The van der Waals surface area contributed by atoms with Gasteiger partial charge in [-0.25, -0.2) is 9.97 Å². The topological polar surface area (TPSA) is 84.1 Å². The minimum absolute atomic E-state index is 0.418. The predicted molar refractivity (Wildman–Crippen MR) is 127 cm³/mol. The van der Waals surface area contributed by atoms with Crippen LogP contribution in [0.4, 0.5) is 11.6 Å². The number of fused-ring (bicyclic) bond motifs is 2. The SMILES string of the molecule is Cc1sc2c(C(N)=O)cccc2c1-c1nc(NCc2ccccc2)c2c(n1)N(C)CC2. The zero-order valence-electron chi connectivity index (χ0n) is 17.5. The third kappa shape index (κ3) is 3.41. The molecule has 1 aliphatic heterocycles. The summed E-state index contributed by atoms with van der Waals surface area (Å²) in [5.74, 6) is 2.09. The Morgan fingerprint density at radius 3 is 2.74 bits per heavy atom. The Morgan fingerprint density at radius 2 is 1.97 bits per heavy atom. The molecule has 2 aromatic carbocycles. The molecular formula is C24H23N5OS. The summed E-state index contributed by atoms with van der Waals surface area (Å²) in [4.78, 5) is 25.1. The Morgan fingerprint density at radius 1 is 1.16 bits per heavy atom. The van der Waals surface area contributed by atoms with Gasteiger partial charge in [0, 0.05) is 46.2 Å². The van der Waals surface area contributed by atoms with Gasteiger partial charge in [-0.2, -0.15) is 0 Å². The van der Waals surface area contributed by atoms with Gasteiger partial charge in [0.05, 0.1) is 5.56 Å². The number of benzene rings is 2. The van der Waals surface area contributed by atoms with Crippen molar-refractivity contribution in [1.82, 2.24) is 9.97 Å². The van der Waals surface area contributed by atoms with Crippen molar-refractivity contribution in [2.75, 3.05) is 23.8 Å². The molecule has 0 spiro atoms. The summed E-state index contributed by atoms with van der Waals surface area (Å²) in [5.41, 5.74) is 9.46. The van der Waals surface area contributed by atoms with Crippen molar-refractivity contribution in [3.05, 3.63) is 70.1 Å². The molecule has 0 bridgehead atoms. The molecule has 0 aliphatic carbocycles. The van der Waals surface area contributed by atoms with Crippen LogP contribution in [0, 0.1) is 6.92 Å². The van der Waals surface area contributed by atoms with Crippen molar-refractivity contribution in [2.45, 2.75) is 19.9 Å². The molecule has 1 amide bonds. The molecule has 4 aromatic rings. The molecule has 0 fully saturated rings. The average Bonchev–Trinajstić information content (AvgIpc) is 3.31. The molecular weight excluding hydrogens is 406 g/mol. The first-order valence-electron chi connectivity index (χ1n) is 10.2. The molecule has 2 aromatic heterocycles. The molecule has 5 rings (SSSR count). The molecule has 0 unspecified atom stereocenters. The normalized spacial score (nSPS) is 12.9. The molecule has 0 saturated carbocycles. The maximum absolute atomic E-state index is 11.9. The van der Waals surface area contributed by atoms with Crippen LogP contribution < -0.4 is 16.0 Å². The number of hydrogen-bond acceptors (Lipinski definition) is 6. The molecule has 1 aliphatic rings. The fourth-order valence-corrected chi connectivity index (χ4v) is 5.32. The fourth-order valence-electron chi connectivity index (χ4n) is 4.15. The average molecular weight is 430 g/mol. The maximum Gasteiger partial charge on any atom is 0.250 e. The van der Waals surface area contributed by atoms with E-state index >= 15 is 0 Å². The van der Waals surface area contributed by atoms with E-state index in [9.17, 15) is 4.79 Å². The lowest BCUT2D eigenvalue weighted by Crippen LogP contribution is -2.14. The van der Waals surface area contributed by atoms with E-state index in [0.29, 0.717) is 17.9 Å². The van der Waals surface area contributed by atoms with E-state index in [4.69, 9.17) is 15.7 Å². The van der Waals surface area contributed by atoms with Gasteiger partial charge >= 0.3 is 0 Å². The number of nitrogens with one attached hydrogen (secondary N) is 1. The number of hydrogen-bond donors (Lipinski definition) is 2. The summed E-state index contributed by atoms with van der Waals surface area (Å²) in [7, 11) is 2.06. The highest BCUT2D eigenvalue weighted by atomic mass is 32.1. The molecule has 3 heterocycles. The maximum atomic E-state index is 11.9. The van der Waals surface area contributed by atoms with E-state index in [2.05, 4.69) is 29.4 Å². The second-order valence-corrected chi connectivity index (χ2v) is 9.01. The van der Waals surface area contributed by atoms with Crippen LogP contribution in [0.15, 0.2) is 48.5 Å². The summed E-state index contributed by atoms with van der Waals surface area (Å²) < 4.78 is 0.888. The molecule has 7 heteroatoms. The van der Waals surface area contributed by atoms with Crippen LogP contribution in [0.1, 0.15) is 26.4 Å². The number of carbonyl (C=O) groups is 1. The van der Waals surface area contributed by atoms with Gasteiger partial charge in [-0.05, 0) is 25.0 Å². The quantitative estimate of drug-likeness (QED) is 0.492. The van der Waals surface area contributed by atoms with Crippen molar-refractivity contribution >= 4 is 39.0 Å². The first-order chi connectivity index (χ1) is 15.0. The Hall–Kier alpha value is -3.45. The molecule has 0 radical (unpaired) electrons. The van der Waals surface area contributed by atoms with E-state index in [1.165, 1.54) is 5.56 Å². The lowest BCUT2D eigenvalue weighted by atomic mass is 10.1. The molecule has 3 N–H and O–H groups in total. The highest BCUT2D eigenvalue weighted by Gasteiger charge is 2.26. The number of rotatable bonds is 5. The van der Waals surface area contributed by atoms with Crippen LogP contribution in [0.5, 0.6) is 0 Å². The summed E-state index contributed by atoms with van der Waals surface area (Å²) in [6, 6.07) is 15.9. The number of aryl methyl sites for hydroxylation is 1. The van der Waals surface area contributed by atoms with Gasteiger partial charge in [0.15, 0.2) is 5.82 Å². The van der Waals surface area contributed by atoms with E-state index in [0.717, 1.165) is 50.7 Å². The van der Waals surface area contributed by atoms with Crippen LogP contribution in [-0.4, -0.2) is 29.5 Å². The van der Waals surface area contributed by atoms with Gasteiger partial charge in [-0.3, -0.25) is 4.79 Å². The Kier molecular flexibility index (Phi) is 4.82. The summed E-state index contributed by atoms with van der Waals surface area (Å²) >= 11 is 1.56. The number of carbonyl (C=O) groups excluding carboxylic acids is 1.